The van der Waals surface area contributed by atoms with Crippen LogP contribution in [0.3, 0.4) is 0 Å². The highest BCUT2D eigenvalue weighted by atomic mass is 16.3. The Kier molecular flexibility index (Phi) is 3.25. The van der Waals surface area contributed by atoms with E-state index >= 15 is 0 Å². The second kappa shape index (κ2) is 5.32. The number of fused-ring (bicyclic) bond motifs is 3. The number of nitrogens with one attached hydrogen (secondary N) is 1. The number of hydrogen-bond donors (Lipinski definition) is 2. The largest absolute Gasteiger partial charge is 0.392 e. The maximum Gasteiger partial charge on any atom is 0.280 e. The molecular formula is C19H17N3O2. The van der Waals surface area contributed by atoms with Crippen molar-refractivity contribution >= 4 is 21.8 Å². The van der Waals surface area contributed by atoms with Crippen LogP contribution in [0.25, 0.3) is 27.5 Å². The van der Waals surface area contributed by atoms with Gasteiger partial charge in [-0.05, 0) is 37.1 Å². The molecule has 0 radical (unpaired) electrons. The molecule has 0 amide bonds. The first-order valence-electron chi connectivity index (χ1n) is 7.80. The smallest absolute Gasteiger partial charge is 0.280 e. The minimum atomic E-state index is -0.118. The Morgan fingerprint density at radius 3 is 2.54 bits per heavy atom. The van der Waals surface area contributed by atoms with Crippen LogP contribution in [0.2, 0.25) is 0 Å². The lowest BCUT2D eigenvalue weighted by Gasteiger charge is -2.06. The average molecular weight is 319 g/mol. The fourth-order valence-corrected chi connectivity index (χ4v) is 3.06. The van der Waals surface area contributed by atoms with Crippen LogP contribution < -0.4 is 5.56 Å². The van der Waals surface area contributed by atoms with Gasteiger partial charge in [0.25, 0.3) is 5.56 Å². The minimum Gasteiger partial charge on any atom is -0.392 e. The van der Waals surface area contributed by atoms with Crippen molar-refractivity contribution in [1.29, 1.82) is 0 Å². The van der Waals surface area contributed by atoms with Crippen molar-refractivity contribution in [2.24, 2.45) is 0 Å². The van der Waals surface area contributed by atoms with Gasteiger partial charge in [-0.15, -0.1) is 0 Å². The van der Waals surface area contributed by atoms with E-state index in [-0.39, 0.29) is 12.2 Å². The molecule has 5 nitrogen and oxygen atoms in total. The first-order chi connectivity index (χ1) is 11.6. The number of aromatic amines is 1. The van der Waals surface area contributed by atoms with Gasteiger partial charge < -0.3 is 5.11 Å². The Morgan fingerprint density at radius 1 is 1.08 bits per heavy atom. The summed E-state index contributed by atoms with van der Waals surface area (Å²) in [6.07, 6.45) is 1.61. The Morgan fingerprint density at radius 2 is 1.83 bits per heavy atom. The predicted molar refractivity (Wildman–Crippen MR) is 94.6 cm³/mol. The van der Waals surface area contributed by atoms with Gasteiger partial charge >= 0.3 is 0 Å². The molecule has 0 aliphatic heterocycles. The van der Waals surface area contributed by atoms with Gasteiger partial charge in [-0.25, -0.2) is 4.68 Å². The number of hydrogen-bond acceptors (Lipinski definition) is 3. The quantitative estimate of drug-likeness (QED) is 0.597. The number of H-pyrrole nitrogens is 1. The molecule has 2 N–H and O–H groups in total. The Bertz CT molecular complexity index is 1120. The van der Waals surface area contributed by atoms with Gasteiger partial charge in [0.15, 0.2) is 0 Å². The summed E-state index contributed by atoms with van der Waals surface area (Å²) < 4.78 is 1.54. The van der Waals surface area contributed by atoms with Crippen molar-refractivity contribution in [3.63, 3.8) is 0 Å². The van der Waals surface area contributed by atoms with E-state index in [2.05, 4.69) is 10.1 Å². The molecule has 0 spiro atoms. The van der Waals surface area contributed by atoms with E-state index in [1.54, 1.807) is 10.9 Å². The third-order valence-electron chi connectivity index (χ3n) is 4.52. The summed E-state index contributed by atoms with van der Waals surface area (Å²) in [6, 6.07) is 11.6. The van der Waals surface area contributed by atoms with Gasteiger partial charge in [-0.1, -0.05) is 29.8 Å². The van der Waals surface area contributed by atoms with Crippen LogP contribution in [0.4, 0.5) is 0 Å². The molecule has 2 heterocycles. The van der Waals surface area contributed by atoms with E-state index in [1.165, 1.54) is 0 Å². The fourth-order valence-electron chi connectivity index (χ4n) is 3.06. The van der Waals surface area contributed by atoms with Crippen LogP contribution in [-0.2, 0) is 6.61 Å². The summed E-state index contributed by atoms with van der Waals surface area (Å²) in [5.74, 6) is 0. The lowest BCUT2D eigenvalue weighted by molar-refractivity contribution is 0.281. The highest BCUT2D eigenvalue weighted by molar-refractivity contribution is 6.04. The summed E-state index contributed by atoms with van der Waals surface area (Å²) in [5, 5.41) is 14.1. The molecule has 0 bridgehead atoms. The Balaban J connectivity index is 2.04. The highest BCUT2D eigenvalue weighted by Crippen LogP contribution is 2.25. The maximum absolute atomic E-state index is 12.7. The molecule has 0 saturated carbocycles. The SMILES string of the molecule is Cc1ccc(-n2[nH]c3c(cnc4c(C)c(CO)ccc43)c2=O)cc1. The molecule has 0 atom stereocenters. The average Bonchev–Trinajstić information content (AvgIpc) is 2.93. The van der Waals surface area contributed by atoms with Crippen LogP contribution >= 0.6 is 0 Å². The molecular weight excluding hydrogens is 302 g/mol. The molecule has 120 valence electrons. The zero-order chi connectivity index (χ0) is 16.8. The molecule has 2 aromatic heterocycles. The van der Waals surface area contributed by atoms with Gasteiger partial charge in [0.1, 0.15) is 0 Å². The maximum atomic E-state index is 12.7. The van der Waals surface area contributed by atoms with Crippen LogP contribution in [0.5, 0.6) is 0 Å². The van der Waals surface area contributed by atoms with Crippen LogP contribution in [0, 0.1) is 13.8 Å². The number of aromatic nitrogens is 3. The molecule has 0 unspecified atom stereocenters. The minimum absolute atomic E-state index is 0.0254. The van der Waals surface area contributed by atoms with Crippen molar-refractivity contribution < 1.29 is 5.11 Å². The lowest BCUT2D eigenvalue weighted by Crippen LogP contribution is -2.14. The Hall–Kier alpha value is -2.92. The second-order valence-corrected chi connectivity index (χ2v) is 6.04. The molecule has 4 rings (SSSR count). The second-order valence-electron chi connectivity index (χ2n) is 6.04. The zero-order valence-corrected chi connectivity index (χ0v) is 13.5. The summed E-state index contributed by atoms with van der Waals surface area (Å²) >= 11 is 0. The summed E-state index contributed by atoms with van der Waals surface area (Å²) in [6.45, 7) is 3.92. The molecule has 0 fully saturated rings. The molecule has 0 aliphatic rings. The summed E-state index contributed by atoms with van der Waals surface area (Å²) in [4.78, 5) is 17.2. The monoisotopic (exact) mass is 319 g/mol. The van der Waals surface area contributed by atoms with Crippen molar-refractivity contribution in [3.8, 4) is 5.69 Å². The number of nitrogens with zero attached hydrogens (tertiary/aromatic N) is 2. The summed E-state index contributed by atoms with van der Waals surface area (Å²) in [7, 11) is 0. The van der Waals surface area contributed by atoms with Gasteiger partial charge in [-0.2, -0.15) is 0 Å². The van der Waals surface area contributed by atoms with E-state index in [1.807, 2.05) is 50.2 Å². The normalized spacial score (nSPS) is 11.5. The first kappa shape index (κ1) is 14.7. The number of rotatable bonds is 2. The number of aryl methyl sites for hydroxylation is 2. The van der Waals surface area contributed by atoms with Crippen molar-refractivity contribution in [1.82, 2.24) is 14.8 Å². The predicted octanol–water partition coefficient (Wildman–Crippen LogP) is 2.98. The molecule has 2 aromatic carbocycles. The van der Waals surface area contributed by atoms with E-state index in [0.717, 1.165) is 38.8 Å². The topological polar surface area (TPSA) is 70.9 Å². The van der Waals surface area contributed by atoms with Crippen molar-refractivity contribution in [2.45, 2.75) is 20.5 Å². The standard InChI is InChI=1S/C19H17N3O2/c1-11-3-6-14(7-4-11)22-19(24)16-9-20-17-12(2)13(10-23)5-8-15(17)18(16)21-22/h3-9,21,23H,10H2,1-2H3. The molecule has 24 heavy (non-hydrogen) atoms. The zero-order valence-electron chi connectivity index (χ0n) is 13.5. The van der Waals surface area contributed by atoms with E-state index in [4.69, 9.17) is 0 Å². The molecule has 0 saturated heterocycles. The molecule has 0 aliphatic carbocycles. The number of aliphatic hydroxyl groups excluding tert-OH is 1. The van der Waals surface area contributed by atoms with Crippen molar-refractivity contribution in [3.05, 3.63) is 69.6 Å². The Labute approximate surface area is 138 Å². The van der Waals surface area contributed by atoms with Gasteiger partial charge in [-0.3, -0.25) is 14.9 Å². The molecule has 4 aromatic rings. The van der Waals surface area contributed by atoms with E-state index < -0.39 is 0 Å². The third kappa shape index (κ3) is 2.06. The van der Waals surface area contributed by atoms with Gasteiger partial charge in [0.05, 0.1) is 28.7 Å². The van der Waals surface area contributed by atoms with Crippen LogP contribution in [0.1, 0.15) is 16.7 Å². The fraction of sp³-hybridized carbons (Fsp3) is 0.158. The van der Waals surface area contributed by atoms with Crippen LogP contribution in [0.15, 0.2) is 47.4 Å². The lowest BCUT2D eigenvalue weighted by atomic mass is 10.0. The number of benzene rings is 2. The number of aliphatic hydroxyl groups is 1. The van der Waals surface area contributed by atoms with E-state index in [9.17, 15) is 9.90 Å². The van der Waals surface area contributed by atoms with Gasteiger partial charge in [0.2, 0.25) is 0 Å². The van der Waals surface area contributed by atoms with Crippen LogP contribution in [-0.4, -0.2) is 19.9 Å². The van der Waals surface area contributed by atoms with Gasteiger partial charge in [0, 0.05) is 11.6 Å². The summed E-state index contributed by atoms with van der Waals surface area (Å²) in [5.41, 5.74) is 5.15. The number of pyridine rings is 1. The highest BCUT2D eigenvalue weighted by Gasteiger charge is 2.14. The van der Waals surface area contributed by atoms with E-state index in [0.29, 0.717) is 5.39 Å². The molecule has 5 heteroatoms. The van der Waals surface area contributed by atoms with Crippen molar-refractivity contribution in [2.75, 3.05) is 0 Å². The third-order valence-corrected chi connectivity index (χ3v) is 4.52. The first-order valence-corrected chi connectivity index (χ1v) is 7.80.